The molecular formula is C10H20N2O4S. The molecule has 6 nitrogen and oxygen atoms in total. The van der Waals surface area contributed by atoms with Crippen LogP contribution in [0, 0.1) is 0 Å². The molecule has 0 aliphatic carbocycles. The molecule has 2 unspecified atom stereocenters. The van der Waals surface area contributed by atoms with Gasteiger partial charge in [0.25, 0.3) is 0 Å². The first-order valence-corrected chi connectivity index (χ1v) is 7.61. The molecule has 1 amide bonds. The van der Waals surface area contributed by atoms with Crippen LogP contribution < -0.4 is 11.1 Å². The summed E-state index contributed by atoms with van der Waals surface area (Å²) in [6, 6.07) is -0.790. The zero-order valence-electron chi connectivity index (χ0n) is 10.2. The van der Waals surface area contributed by atoms with E-state index in [9.17, 15) is 13.2 Å². The molecule has 0 saturated carbocycles. The molecule has 100 valence electrons. The smallest absolute Gasteiger partial charge is 0.237 e. The third kappa shape index (κ3) is 5.01. The van der Waals surface area contributed by atoms with Crippen molar-refractivity contribution in [1.82, 2.24) is 5.32 Å². The second-order valence-electron chi connectivity index (χ2n) is 4.88. The normalized spacial score (nSPS) is 26.8. The monoisotopic (exact) mass is 264 g/mol. The minimum Gasteiger partial charge on any atom is -0.379 e. The van der Waals surface area contributed by atoms with Crippen molar-refractivity contribution >= 4 is 15.7 Å². The van der Waals surface area contributed by atoms with Gasteiger partial charge in [0.05, 0.1) is 23.9 Å². The molecule has 0 aromatic heterocycles. The lowest BCUT2D eigenvalue weighted by Crippen LogP contribution is -2.52. The molecule has 0 aromatic carbocycles. The van der Waals surface area contributed by atoms with Gasteiger partial charge >= 0.3 is 0 Å². The maximum absolute atomic E-state index is 11.7. The predicted molar refractivity (Wildman–Crippen MR) is 64.3 cm³/mol. The van der Waals surface area contributed by atoms with E-state index in [1.54, 1.807) is 0 Å². The summed E-state index contributed by atoms with van der Waals surface area (Å²) < 4.78 is 27.1. The first-order chi connectivity index (χ1) is 7.72. The molecule has 1 heterocycles. The second-order valence-corrected chi connectivity index (χ2v) is 7.14. The van der Waals surface area contributed by atoms with Gasteiger partial charge in [0.15, 0.2) is 0 Å². The number of amides is 1. The number of hydrogen-bond donors (Lipinski definition) is 2. The lowest BCUT2D eigenvalue weighted by molar-refractivity contribution is -0.124. The quantitative estimate of drug-likeness (QED) is 0.666. The third-order valence-electron chi connectivity index (χ3n) is 2.78. The van der Waals surface area contributed by atoms with Crippen LogP contribution >= 0.6 is 0 Å². The van der Waals surface area contributed by atoms with Crippen LogP contribution in [0.25, 0.3) is 0 Å². The molecule has 1 saturated heterocycles. The Kier molecular flexibility index (Phi) is 4.51. The van der Waals surface area contributed by atoms with Crippen LogP contribution in [-0.2, 0) is 19.4 Å². The van der Waals surface area contributed by atoms with Gasteiger partial charge in [0, 0.05) is 12.9 Å². The first kappa shape index (κ1) is 14.4. The van der Waals surface area contributed by atoms with Gasteiger partial charge < -0.3 is 15.8 Å². The molecule has 1 aliphatic rings. The summed E-state index contributed by atoms with van der Waals surface area (Å²) in [6.07, 6.45) is 2.02. The van der Waals surface area contributed by atoms with Gasteiger partial charge in [-0.25, -0.2) is 8.42 Å². The topological polar surface area (TPSA) is 98.5 Å². The largest absolute Gasteiger partial charge is 0.379 e. The standard InChI is InChI=1S/C10H20N2O4S/c1-10(4-5-16-7-10)12-9(13)8(11)3-6-17(2,14)15/h8H,3-7,11H2,1-2H3,(H,12,13). The highest BCUT2D eigenvalue weighted by molar-refractivity contribution is 7.90. The van der Waals surface area contributed by atoms with Crippen molar-refractivity contribution in [2.75, 3.05) is 25.2 Å². The Bertz CT molecular complexity index is 374. The molecule has 0 bridgehead atoms. The van der Waals surface area contributed by atoms with E-state index in [0.717, 1.165) is 12.7 Å². The van der Waals surface area contributed by atoms with Crippen LogP contribution in [0.5, 0.6) is 0 Å². The zero-order chi connectivity index (χ0) is 13.1. The van der Waals surface area contributed by atoms with Crippen LogP contribution in [-0.4, -0.2) is 51.1 Å². The van der Waals surface area contributed by atoms with Crippen LogP contribution in [0.1, 0.15) is 19.8 Å². The van der Waals surface area contributed by atoms with Crippen LogP contribution in [0.15, 0.2) is 0 Å². The Morgan fingerprint density at radius 2 is 2.24 bits per heavy atom. The van der Waals surface area contributed by atoms with E-state index in [-0.39, 0.29) is 23.6 Å². The van der Waals surface area contributed by atoms with Crippen molar-refractivity contribution < 1.29 is 17.9 Å². The third-order valence-corrected chi connectivity index (χ3v) is 3.76. The number of nitrogens with two attached hydrogens (primary N) is 1. The fraction of sp³-hybridized carbons (Fsp3) is 0.900. The molecule has 3 N–H and O–H groups in total. The van der Waals surface area contributed by atoms with E-state index < -0.39 is 15.9 Å². The summed E-state index contributed by atoms with van der Waals surface area (Å²) in [5.41, 5.74) is 5.27. The summed E-state index contributed by atoms with van der Waals surface area (Å²) >= 11 is 0. The summed E-state index contributed by atoms with van der Waals surface area (Å²) in [4.78, 5) is 11.7. The Morgan fingerprint density at radius 3 is 2.71 bits per heavy atom. The molecule has 0 spiro atoms. The number of hydrogen-bond acceptors (Lipinski definition) is 5. The van der Waals surface area contributed by atoms with Gasteiger partial charge in [-0.05, 0) is 19.8 Å². The van der Waals surface area contributed by atoms with Crippen molar-refractivity contribution in [2.45, 2.75) is 31.3 Å². The van der Waals surface area contributed by atoms with Crippen molar-refractivity contribution in [2.24, 2.45) is 5.73 Å². The van der Waals surface area contributed by atoms with E-state index in [0.29, 0.717) is 13.2 Å². The second kappa shape index (κ2) is 5.32. The minimum atomic E-state index is -3.08. The number of carbonyl (C=O) groups is 1. The SMILES string of the molecule is CC1(NC(=O)C(N)CCS(C)(=O)=O)CCOC1. The molecule has 0 aromatic rings. The highest BCUT2D eigenvalue weighted by Crippen LogP contribution is 2.17. The molecular weight excluding hydrogens is 244 g/mol. The number of sulfone groups is 1. The van der Waals surface area contributed by atoms with Crippen molar-refractivity contribution in [3.05, 3.63) is 0 Å². The maximum atomic E-state index is 11.7. The predicted octanol–water partition coefficient (Wildman–Crippen LogP) is -0.956. The average molecular weight is 264 g/mol. The number of ether oxygens (including phenoxy) is 1. The number of carbonyl (C=O) groups excluding carboxylic acids is 1. The Labute approximate surface area is 102 Å². The molecule has 7 heteroatoms. The van der Waals surface area contributed by atoms with E-state index in [1.807, 2.05) is 6.92 Å². The van der Waals surface area contributed by atoms with Crippen LogP contribution in [0.3, 0.4) is 0 Å². The highest BCUT2D eigenvalue weighted by Gasteiger charge is 2.32. The van der Waals surface area contributed by atoms with Gasteiger partial charge in [-0.3, -0.25) is 4.79 Å². The Morgan fingerprint density at radius 1 is 1.59 bits per heavy atom. The molecule has 0 radical (unpaired) electrons. The number of nitrogens with one attached hydrogen (secondary N) is 1. The molecule has 1 fully saturated rings. The molecule has 2 atom stereocenters. The van der Waals surface area contributed by atoms with Gasteiger partial charge in [0.2, 0.25) is 5.91 Å². The van der Waals surface area contributed by atoms with Gasteiger partial charge in [-0.15, -0.1) is 0 Å². The zero-order valence-corrected chi connectivity index (χ0v) is 11.0. The van der Waals surface area contributed by atoms with Gasteiger partial charge in [0.1, 0.15) is 9.84 Å². The molecule has 1 aliphatic heterocycles. The van der Waals surface area contributed by atoms with Gasteiger partial charge in [-0.2, -0.15) is 0 Å². The van der Waals surface area contributed by atoms with Crippen LogP contribution in [0.2, 0.25) is 0 Å². The fourth-order valence-corrected chi connectivity index (χ4v) is 2.31. The Balaban J connectivity index is 2.41. The average Bonchev–Trinajstić information content (AvgIpc) is 2.60. The summed E-state index contributed by atoms with van der Waals surface area (Å²) in [5, 5.41) is 2.81. The van der Waals surface area contributed by atoms with Crippen LogP contribution in [0.4, 0.5) is 0 Å². The summed E-state index contributed by atoms with van der Waals surface area (Å²) in [7, 11) is -3.08. The first-order valence-electron chi connectivity index (χ1n) is 5.55. The minimum absolute atomic E-state index is 0.0746. The summed E-state index contributed by atoms with van der Waals surface area (Å²) in [5.74, 6) is -0.393. The molecule has 1 rings (SSSR count). The van der Waals surface area contributed by atoms with Gasteiger partial charge in [-0.1, -0.05) is 0 Å². The summed E-state index contributed by atoms with van der Waals surface area (Å²) in [6.45, 7) is 2.98. The maximum Gasteiger partial charge on any atom is 0.237 e. The van der Waals surface area contributed by atoms with E-state index in [4.69, 9.17) is 10.5 Å². The highest BCUT2D eigenvalue weighted by atomic mass is 32.2. The lowest BCUT2D eigenvalue weighted by atomic mass is 10.0. The van der Waals surface area contributed by atoms with Crippen molar-refractivity contribution in [1.29, 1.82) is 0 Å². The van der Waals surface area contributed by atoms with E-state index in [2.05, 4.69) is 5.32 Å². The number of rotatable bonds is 5. The Hall–Kier alpha value is -0.660. The van der Waals surface area contributed by atoms with Crippen molar-refractivity contribution in [3.8, 4) is 0 Å². The van der Waals surface area contributed by atoms with E-state index >= 15 is 0 Å². The molecule has 17 heavy (non-hydrogen) atoms. The fourth-order valence-electron chi connectivity index (χ4n) is 1.63. The lowest BCUT2D eigenvalue weighted by Gasteiger charge is -2.25. The van der Waals surface area contributed by atoms with Crippen molar-refractivity contribution in [3.63, 3.8) is 0 Å². The van der Waals surface area contributed by atoms with E-state index in [1.165, 1.54) is 0 Å².